The van der Waals surface area contributed by atoms with Gasteiger partial charge in [0.05, 0.1) is 11.0 Å². The summed E-state index contributed by atoms with van der Waals surface area (Å²) in [4.78, 5) is 4.90. The summed E-state index contributed by atoms with van der Waals surface area (Å²) in [5.74, 6) is 3.03. The number of para-hydroxylation sites is 3. The van der Waals surface area contributed by atoms with Gasteiger partial charge in [0.1, 0.15) is 17.3 Å². The highest BCUT2D eigenvalue weighted by Crippen LogP contribution is 2.75. The van der Waals surface area contributed by atoms with Crippen molar-refractivity contribution in [3.05, 3.63) is 176 Å². The Bertz CT molecular complexity index is 2790. The molecule has 0 N–H and O–H groups in total. The second-order valence-electron chi connectivity index (χ2n) is 16.5. The first-order valence-corrected chi connectivity index (χ1v) is 20.0. The predicted molar refractivity (Wildman–Crippen MR) is 233 cm³/mol. The molecule has 1 saturated heterocycles. The summed E-state index contributed by atoms with van der Waals surface area (Å²) in [5, 5.41) is 2.36. The zero-order chi connectivity index (χ0) is 38.2. The average Bonchev–Trinajstić information content (AvgIpc) is 3.72. The van der Waals surface area contributed by atoms with Gasteiger partial charge in [0.2, 0.25) is 11.4 Å². The van der Waals surface area contributed by atoms with Gasteiger partial charge in [-0.2, -0.15) is 9.18 Å². The summed E-state index contributed by atoms with van der Waals surface area (Å²) in [6, 6.07) is 55.1. The van der Waals surface area contributed by atoms with Crippen LogP contribution >= 0.6 is 0 Å². The fourth-order valence-electron chi connectivity index (χ4n) is 9.25. The zero-order valence-corrected chi connectivity index (χ0v) is 32.8. The minimum absolute atomic E-state index is 0.00329. The Labute approximate surface area is 329 Å². The van der Waals surface area contributed by atoms with Crippen LogP contribution in [-0.2, 0) is 5.41 Å². The number of ether oxygens (including phenoxy) is 1. The molecule has 2 aromatic heterocycles. The lowest BCUT2D eigenvalue weighted by Crippen LogP contribution is -2.46. The van der Waals surface area contributed by atoms with Crippen molar-refractivity contribution in [2.24, 2.45) is 0 Å². The van der Waals surface area contributed by atoms with Crippen LogP contribution in [0.3, 0.4) is 0 Å². The largest absolute Gasteiger partial charge is 0.457 e. The Morgan fingerprint density at radius 3 is 2.09 bits per heavy atom. The van der Waals surface area contributed by atoms with Crippen LogP contribution in [0.4, 0.5) is 22.7 Å². The number of benzene rings is 6. The Morgan fingerprint density at radius 1 is 0.607 bits per heavy atom. The molecule has 0 radical (unpaired) electrons. The summed E-state index contributed by atoms with van der Waals surface area (Å²) >= 11 is 0. The summed E-state index contributed by atoms with van der Waals surface area (Å²) in [5.41, 5.74) is 12.2. The molecule has 4 heterocycles. The standard InChI is InChI=1S/C51H47N4O/c1-6-35(7-2)37-18-15-19-40(28-37)54-34-55(54,49-23-14-13-22-48(49)54)41-29-38(36-16-9-8-10-17-36)30-43(32-41)56-42-24-25-45-44-20-11-12-21-46(44)53(47(45)33-42)50-31-39(26-27-52-50)51(3,4)5/h8-35H,6-7H2,1-5H3/q+1/t54-,55?/m0/s1. The Hall–Kier alpha value is -6.01. The molecule has 2 aliphatic rings. The lowest BCUT2D eigenvalue weighted by Gasteiger charge is -2.40. The maximum absolute atomic E-state index is 6.98. The smallest absolute Gasteiger partial charge is 0.225 e. The van der Waals surface area contributed by atoms with E-state index in [2.05, 4.69) is 198 Å². The van der Waals surface area contributed by atoms with E-state index in [0.29, 0.717) is 15.1 Å². The van der Waals surface area contributed by atoms with Crippen molar-refractivity contribution in [1.82, 2.24) is 18.7 Å². The van der Waals surface area contributed by atoms with Crippen LogP contribution in [0.15, 0.2) is 158 Å². The van der Waals surface area contributed by atoms with E-state index in [4.69, 9.17) is 9.72 Å². The number of nitrogens with zero attached hydrogens (tertiary/aromatic N) is 4. The molecule has 0 aliphatic carbocycles. The van der Waals surface area contributed by atoms with Gasteiger partial charge in [-0.05, 0) is 82.8 Å². The Balaban J connectivity index is 1.12. The Kier molecular flexibility index (Phi) is 7.86. The van der Waals surface area contributed by atoms with Gasteiger partial charge in [-0.15, -0.1) is 0 Å². The second-order valence-corrected chi connectivity index (χ2v) is 16.5. The zero-order valence-electron chi connectivity index (χ0n) is 32.8. The third-order valence-corrected chi connectivity index (χ3v) is 12.2. The van der Waals surface area contributed by atoms with Crippen molar-refractivity contribution in [3.8, 4) is 28.4 Å². The molecule has 8 aromatic rings. The molecule has 0 saturated carbocycles. The summed E-state index contributed by atoms with van der Waals surface area (Å²) in [7, 11) is 0. The molecule has 2 atom stereocenters. The van der Waals surface area contributed by atoms with Crippen molar-refractivity contribution in [2.75, 3.05) is 0 Å². The lowest BCUT2D eigenvalue weighted by molar-refractivity contribution is 0.423. The number of quaternary nitrogens is 2. The third kappa shape index (κ3) is 5.11. The average molecular weight is 732 g/mol. The number of hydrogen-bond acceptors (Lipinski definition) is 2. The van der Waals surface area contributed by atoms with E-state index < -0.39 is 0 Å². The monoisotopic (exact) mass is 731 g/mol. The van der Waals surface area contributed by atoms with E-state index in [1.807, 2.05) is 6.20 Å². The highest BCUT2D eigenvalue weighted by atomic mass is 16.5. The molecule has 56 heavy (non-hydrogen) atoms. The SMILES string of the molecule is CCC(CC)c1cccc([N@+]23[CH-][N+]2(c2cc(Oc4ccc5c6ccccc6n(-c6cc(C(C)(C)C)ccn6)c5c4)cc(-c4ccccc4)c2)c2ccccc23)c1. The van der Waals surface area contributed by atoms with Crippen molar-refractivity contribution in [1.29, 1.82) is 0 Å². The molecule has 5 heteroatoms. The van der Waals surface area contributed by atoms with Crippen molar-refractivity contribution in [2.45, 2.75) is 58.8 Å². The number of rotatable bonds is 9. The lowest BCUT2D eigenvalue weighted by atomic mass is 9.88. The van der Waals surface area contributed by atoms with E-state index in [1.54, 1.807) is 0 Å². The molecule has 1 fully saturated rings. The van der Waals surface area contributed by atoms with Crippen molar-refractivity contribution in [3.63, 3.8) is 0 Å². The molecule has 6 aromatic carbocycles. The van der Waals surface area contributed by atoms with Crippen LogP contribution in [0.25, 0.3) is 38.8 Å². The first-order valence-electron chi connectivity index (χ1n) is 20.0. The molecular weight excluding hydrogens is 685 g/mol. The van der Waals surface area contributed by atoms with Gasteiger partial charge in [0.15, 0.2) is 18.0 Å². The van der Waals surface area contributed by atoms with E-state index in [1.165, 1.54) is 44.6 Å². The molecular formula is C51H47N4O+. The van der Waals surface area contributed by atoms with Gasteiger partial charge >= 0.3 is 0 Å². The van der Waals surface area contributed by atoms with Crippen LogP contribution in [0, 0.1) is 6.67 Å². The first-order chi connectivity index (χ1) is 27.2. The number of aromatic nitrogens is 2. The predicted octanol–water partition coefficient (Wildman–Crippen LogP) is 14.2. The van der Waals surface area contributed by atoms with E-state index in [-0.39, 0.29) is 5.41 Å². The fraction of sp³-hybridized carbons (Fsp3) is 0.176. The molecule has 276 valence electrons. The minimum Gasteiger partial charge on any atom is -0.457 e. The summed E-state index contributed by atoms with van der Waals surface area (Å²) < 4.78 is 10.5. The van der Waals surface area contributed by atoms with E-state index in [0.717, 1.165) is 52.3 Å². The molecule has 1 unspecified atom stereocenters. The van der Waals surface area contributed by atoms with Crippen molar-refractivity contribution >= 4 is 44.6 Å². The molecule has 5 nitrogen and oxygen atoms in total. The van der Waals surface area contributed by atoms with Crippen LogP contribution in [0.1, 0.15) is 64.5 Å². The minimum atomic E-state index is -0.00329. The van der Waals surface area contributed by atoms with Crippen LogP contribution in [-0.4, -0.2) is 9.55 Å². The van der Waals surface area contributed by atoms with Gasteiger partial charge < -0.3 is 4.74 Å². The van der Waals surface area contributed by atoms with Gasteiger partial charge in [-0.25, -0.2) is 4.98 Å². The van der Waals surface area contributed by atoms with Crippen molar-refractivity contribution < 1.29 is 4.74 Å². The summed E-state index contributed by atoms with van der Waals surface area (Å²) in [6.07, 6.45) is 4.19. The maximum Gasteiger partial charge on any atom is 0.225 e. The quantitative estimate of drug-likeness (QED) is 0.0840. The molecule has 2 aliphatic heterocycles. The van der Waals surface area contributed by atoms with Gasteiger partial charge in [0.25, 0.3) is 0 Å². The number of fused-ring (bicyclic) bond motifs is 7. The van der Waals surface area contributed by atoms with Crippen LogP contribution < -0.4 is 13.9 Å². The molecule has 0 spiro atoms. The third-order valence-electron chi connectivity index (χ3n) is 12.2. The molecule has 10 rings (SSSR count). The second kappa shape index (κ2) is 12.8. The normalized spacial score (nSPS) is 18.5. The van der Waals surface area contributed by atoms with Crippen LogP contribution in [0.5, 0.6) is 11.5 Å². The maximum atomic E-state index is 6.98. The highest BCUT2D eigenvalue weighted by molar-refractivity contribution is 6.09. The van der Waals surface area contributed by atoms with E-state index >= 15 is 0 Å². The van der Waals surface area contributed by atoms with Crippen LogP contribution in [0.2, 0.25) is 0 Å². The fourth-order valence-corrected chi connectivity index (χ4v) is 9.25. The highest BCUT2D eigenvalue weighted by Gasteiger charge is 2.77. The first kappa shape index (κ1) is 34.5. The topological polar surface area (TPSA) is 27.1 Å². The number of pyridine rings is 1. The van der Waals surface area contributed by atoms with E-state index in [9.17, 15) is 0 Å². The number of hydrogen-bond donors (Lipinski definition) is 0. The van der Waals surface area contributed by atoms with Gasteiger partial charge in [-0.3, -0.25) is 4.57 Å². The molecule has 0 bridgehead atoms. The van der Waals surface area contributed by atoms with Gasteiger partial charge in [-0.1, -0.05) is 107 Å². The Morgan fingerprint density at radius 2 is 1.32 bits per heavy atom. The van der Waals surface area contributed by atoms with Gasteiger partial charge in [0, 0.05) is 59.4 Å². The molecule has 0 amide bonds. The summed E-state index contributed by atoms with van der Waals surface area (Å²) in [6.45, 7) is 13.8.